The van der Waals surface area contributed by atoms with E-state index >= 15 is 0 Å². The fraction of sp³-hybridized carbons (Fsp3) is 0.611. The Bertz CT molecular complexity index is 669. The van der Waals surface area contributed by atoms with Gasteiger partial charge in [0.2, 0.25) is 15.9 Å². The topological polar surface area (TPSA) is 93.7 Å². The van der Waals surface area contributed by atoms with Crippen molar-refractivity contribution in [1.82, 2.24) is 10.0 Å². The van der Waals surface area contributed by atoms with Gasteiger partial charge in [0.25, 0.3) is 0 Å². The Labute approximate surface area is 155 Å². The van der Waals surface area contributed by atoms with Gasteiger partial charge in [0.05, 0.1) is 18.5 Å². The summed E-state index contributed by atoms with van der Waals surface area (Å²) in [5.74, 6) is -0.243. The van der Waals surface area contributed by atoms with Crippen LogP contribution in [-0.2, 0) is 36.6 Å². The first-order chi connectivity index (χ1) is 12.4. The van der Waals surface area contributed by atoms with Crippen molar-refractivity contribution in [3.05, 3.63) is 35.4 Å². The van der Waals surface area contributed by atoms with E-state index in [1.807, 2.05) is 12.1 Å². The Morgan fingerprint density at radius 1 is 1.27 bits per heavy atom. The molecule has 0 bridgehead atoms. The number of hydrogen-bond donors (Lipinski definition) is 2. The minimum absolute atomic E-state index is 0.0652. The van der Waals surface area contributed by atoms with Gasteiger partial charge in [-0.15, -0.1) is 0 Å². The van der Waals surface area contributed by atoms with E-state index in [1.165, 1.54) is 7.05 Å². The van der Waals surface area contributed by atoms with Gasteiger partial charge in [0, 0.05) is 13.2 Å². The van der Waals surface area contributed by atoms with E-state index in [1.54, 1.807) is 19.1 Å². The Morgan fingerprint density at radius 2 is 1.96 bits per heavy atom. The molecule has 1 heterocycles. The first-order valence-corrected chi connectivity index (χ1v) is 10.5. The third kappa shape index (κ3) is 7.03. The van der Waals surface area contributed by atoms with Crippen molar-refractivity contribution in [2.45, 2.75) is 50.7 Å². The zero-order valence-corrected chi connectivity index (χ0v) is 16.2. The molecule has 8 heteroatoms. The van der Waals surface area contributed by atoms with Crippen molar-refractivity contribution in [3.63, 3.8) is 0 Å². The van der Waals surface area contributed by atoms with Crippen LogP contribution in [0.4, 0.5) is 0 Å². The number of carbonyl (C=O) groups is 1. The number of amides is 1. The van der Waals surface area contributed by atoms with Crippen LogP contribution >= 0.6 is 0 Å². The Balaban J connectivity index is 1.73. The van der Waals surface area contributed by atoms with Gasteiger partial charge < -0.3 is 14.8 Å². The summed E-state index contributed by atoms with van der Waals surface area (Å²) in [6.07, 6.45) is 2.75. The first-order valence-electron chi connectivity index (χ1n) is 8.89. The van der Waals surface area contributed by atoms with Crippen molar-refractivity contribution >= 4 is 15.9 Å². The van der Waals surface area contributed by atoms with Gasteiger partial charge in [-0.05, 0) is 44.4 Å². The van der Waals surface area contributed by atoms with Crippen molar-refractivity contribution in [1.29, 1.82) is 0 Å². The second kappa shape index (κ2) is 10.0. The van der Waals surface area contributed by atoms with E-state index in [9.17, 15) is 13.2 Å². The van der Waals surface area contributed by atoms with E-state index < -0.39 is 16.1 Å². The molecule has 1 fully saturated rings. The second-order valence-corrected chi connectivity index (χ2v) is 8.39. The molecule has 0 spiro atoms. The van der Waals surface area contributed by atoms with Crippen LogP contribution in [0.5, 0.6) is 0 Å². The molecule has 1 aromatic rings. The number of hydrogen-bond acceptors (Lipinski definition) is 5. The highest BCUT2D eigenvalue weighted by Gasteiger charge is 2.18. The van der Waals surface area contributed by atoms with Crippen LogP contribution in [0.15, 0.2) is 24.3 Å². The van der Waals surface area contributed by atoms with E-state index in [2.05, 4.69) is 10.0 Å². The third-order valence-corrected chi connectivity index (χ3v) is 5.67. The second-order valence-electron chi connectivity index (χ2n) is 6.46. The molecule has 2 atom stereocenters. The molecule has 26 heavy (non-hydrogen) atoms. The molecular weight excluding hydrogens is 356 g/mol. The molecule has 2 unspecified atom stereocenters. The number of benzene rings is 1. The molecule has 146 valence electrons. The van der Waals surface area contributed by atoms with E-state index in [-0.39, 0.29) is 17.8 Å². The van der Waals surface area contributed by atoms with Gasteiger partial charge in [-0.25, -0.2) is 13.1 Å². The summed E-state index contributed by atoms with van der Waals surface area (Å²) >= 11 is 0. The third-order valence-electron chi connectivity index (χ3n) is 4.33. The maximum atomic E-state index is 12.1. The zero-order valence-electron chi connectivity index (χ0n) is 15.4. The van der Waals surface area contributed by atoms with Gasteiger partial charge >= 0.3 is 0 Å². The summed E-state index contributed by atoms with van der Waals surface area (Å²) in [5, 5.41) is 2.83. The van der Waals surface area contributed by atoms with Crippen molar-refractivity contribution < 1.29 is 22.7 Å². The van der Waals surface area contributed by atoms with E-state index in [0.717, 1.165) is 31.4 Å². The van der Waals surface area contributed by atoms with Crippen molar-refractivity contribution in [3.8, 4) is 0 Å². The molecule has 1 aliphatic heterocycles. The fourth-order valence-corrected chi connectivity index (χ4v) is 3.42. The monoisotopic (exact) mass is 384 g/mol. The highest BCUT2D eigenvalue weighted by Crippen LogP contribution is 2.13. The van der Waals surface area contributed by atoms with Crippen LogP contribution in [0.25, 0.3) is 0 Å². The van der Waals surface area contributed by atoms with Gasteiger partial charge in [-0.2, -0.15) is 0 Å². The number of rotatable bonds is 9. The molecule has 1 saturated heterocycles. The predicted molar refractivity (Wildman–Crippen MR) is 99.0 cm³/mol. The molecule has 0 radical (unpaired) electrons. The lowest BCUT2D eigenvalue weighted by Gasteiger charge is -2.23. The van der Waals surface area contributed by atoms with Crippen LogP contribution in [-0.4, -0.2) is 46.8 Å². The lowest BCUT2D eigenvalue weighted by molar-refractivity contribution is -0.135. The van der Waals surface area contributed by atoms with Gasteiger partial charge in [-0.3, -0.25) is 4.79 Å². The van der Waals surface area contributed by atoms with Gasteiger partial charge in [0.15, 0.2) is 0 Å². The highest BCUT2D eigenvalue weighted by atomic mass is 32.2. The molecule has 0 aliphatic carbocycles. The Kier molecular flexibility index (Phi) is 8.02. The minimum Gasteiger partial charge on any atom is -0.376 e. The molecule has 1 aliphatic rings. The average Bonchev–Trinajstić information content (AvgIpc) is 2.66. The minimum atomic E-state index is -3.28. The molecule has 2 N–H and O–H groups in total. The first kappa shape index (κ1) is 20.8. The lowest BCUT2D eigenvalue weighted by Crippen LogP contribution is -2.36. The maximum Gasteiger partial charge on any atom is 0.249 e. The normalized spacial score (nSPS) is 19.1. The van der Waals surface area contributed by atoms with Crippen molar-refractivity contribution in [2.75, 3.05) is 20.3 Å². The van der Waals surface area contributed by atoms with Crippen molar-refractivity contribution in [2.24, 2.45) is 0 Å². The predicted octanol–water partition coefficient (Wildman–Crippen LogP) is 1.33. The molecule has 0 aromatic heterocycles. The van der Waals surface area contributed by atoms with Gasteiger partial charge in [0.1, 0.15) is 6.10 Å². The zero-order chi connectivity index (χ0) is 19.0. The number of carbonyl (C=O) groups excluding carboxylic acids is 1. The fourth-order valence-electron chi connectivity index (χ4n) is 2.64. The standard InChI is InChI=1S/C18H28N2O5S/c1-14(25-12-17-5-3-4-10-24-17)18(21)20-11-15-6-8-16(9-7-15)13-26(22,23)19-2/h6-9,14,17,19H,3-5,10-13H2,1-2H3,(H,20,21). The SMILES string of the molecule is CNS(=O)(=O)Cc1ccc(CNC(=O)C(C)OCC2CCCCO2)cc1. The highest BCUT2D eigenvalue weighted by molar-refractivity contribution is 7.88. The molecule has 7 nitrogen and oxygen atoms in total. The van der Waals surface area contributed by atoms with E-state index in [4.69, 9.17) is 9.47 Å². The molecular formula is C18H28N2O5S. The van der Waals surface area contributed by atoms with Crippen LogP contribution in [0.2, 0.25) is 0 Å². The summed E-state index contributed by atoms with van der Waals surface area (Å²) in [5.41, 5.74) is 1.59. The number of ether oxygens (including phenoxy) is 2. The summed E-state index contributed by atoms with van der Waals surface area (Å²) in [6, 6.07) is 7.11. The van der Waals surface area contributed by atoms with Crippen LogP contribution in [0.1, 0.15) is 37.3 Å². The Morgan fingerprint density at radius 3 is 2.58 bits per heavy atom. The average molecular weight is 384 g/mol. The summed E-state index contributed by atoms with van der Waals surface area (Å²) < 4.78 is 36.5. The summed E-state index contributed by atoms with van der Waals surface area (Å²) in [4.78, 5) is 12.1. The number of nitrogens with one attached hydrogen (secondary N) is 2. The van der Waals surface area contributed by atoms with Gasteiger partial charge in [-0.1, -0.05) is 24.3 Å². The van der Waals surface area contributed by atoms with Crippen LogP contribution < -0.4 is 10.0 Å². The maximum absolute atomic E-state index is 12.1. The lowest BCUT2D eigenvalue weighted by atomic mass is 10.1. The molecule has 2 rings (SSSR count). The van der Waals surface area contributed by atoms with Crippen LogP contribution in [0.3, 0.4) is 0 Å². The molecule has 1 aromatic carbocycles. The van der Waals surface area contributed by atoms with E-state index in [0.29, 0.717) is 18.7 Å². The molecule has 1 amide bonds. The summed E-state index contributed by atoms with van der Waals surface area (Å²) in [6.45, 7) is 3.29. The quantitative estimate of drug-likeness (QED) is 0.670. The smallest absolute Gasteiger partial charge is 0.249 e. The number of sulfonamides is 1. The largest absolute Gasteiger partial charge is 0.376 e. The molecule has 0 saturated carbocycles. The summed E-state index contributed by atoms with van der Waals surface area (Å²) in [7, 11) is -1.89. The Hall–Kier alpha value is -1.48. The van der Waals surface area contributed by atoms with Crippen LogP contribution in [0, 0.1) is 0 Å².